The van der Waals surface area contributed by atoms with Crippen molar-refractivity contribution in [2.75, 3.05) is 13.1 Å². The summed E-state index contributed by atoms with van der Waals surface area (Å²) < 4.78 is 27.8. The molecular weight excluding hydrogens is 340 g/mol. The zero-order chi connectivity index (χ0) is 14.9. The molecule has 0 radical (unpaired) electrons. The summed E-state index contributed by atoms with van der Waals surface area (Å²) in [4.78, 5) is 0. The minimum Gasteiger partial charge on any atom is -0.308 e. The summed E-state index contributed by atoms with van der Waals surface area (Å²) in [6.45, 7) is 3.07. The van der Waals surface area contributed by atoms with Crippen LogP contribution in [0.15, 0.2) is 39.9 Å². The van der Waals surface area contributed by atoms with Crippen LogP contribution in [0.4, 0.5) is 0 Å². The van der Waals surface area contributed by atoms with Gasteiger partial charge >= 0.3 is 0 Å². The SMILES string of the molecule is Cc1ccsc1S(=O)(=O)NCC1NCCc2ccccc21.Cl. The first-order chi connectivity index (χ1) is 10.1. The number of hydrogen-bond donors (Lipinski definition) is 2. The first-order valence-corrected chi connectivity index (χ1v) is 9.29. The van der Waals surface area contributed by atoms with Gasteiger partial charge in [0.05, 0.1) is 0 Å². The summed E-state index contributed by atoms with van der Waals surface area (Å²) in [5, 5.41) is 5.19. The molecule has 22 heavy (non-hydrogen) atoms. The first-order valence-electron chi connectivity index (χ1n) is 6.93. The molecule has 0 bridgehead atoms. The molecule has 7 heteroatoms. The highest BCUT2D eigenvalue weighted by Crippen LogP contribution is 2.24. The Morgan fingerprint density at radius 2 is 2.09 bits per heavy atom. The van der Waals surface area contributed by atoms with E-state index in [0.29, 0.717) is 10.8 Å². The summed E-state index contributed by atoms with van der Waals surface area (Å²) in [7, 11) is -3.42. The van der Waals surface area contributed by atoms with Crippen molar-refractivity contribution in [3.63, 3.8) is 0 Å². The number of fused-ring (bicyclic) bond motifs is 1. The first kappa shape index (κ1) is 17.4. The molecule has 2 aromatic rings. The Hall–Kier alpha value is -0.920. The van der Waals surface area contributed by atoms with E-state index in [1.54, 1.807) is 5.38 Å². The summed E-state index contributed by atoms with van der Waals surface area (Å²) in [5.74, 6) is 0. The lowest BCUT2D eigenvalue weighted by Gasteiger charge is -2.27. The molecule has 0 spiro atoms. The van der Waals surface area contributed by atoms with Gasteiger partial charge in [0.2, 0.25) is 10.0 Å². The number of nitrogens with one attached hydrogen (secondary N) is 2. The zero-order valence-electron chi connectivity index (χ0n) is 12.2. The van der Waals surface area contributed by atoms with Crippen molar-refractivity contribution >= 4 is 33.8 Å². The van der Waals surface area contributed by atoms with Gasteiger partial charge in [0.15, 0.2) is 0 Å². The van der Waals surface area contributed by atoms with Crippen LogP contribution in [0.25, 0.3) is 0 Å². The fourth-order valence-electron chi connectivity index (χ4n) is 2.67. The van der Waals surface area contributed by atoms with Crippen molar-refractivity contribution in [3.8, 4) is 0 Å². The minimum absolute atomic E-state index is 0. The number of rotatable bonds is 4. The van der Waals surface area contributed by atoms with Gasteiger partial charge in [-0.3, -0.25) is 0 Å². The number of thiophene rings is 1. The molecule has 1 aromatic heterocycles. The Balaban J connectivity index is 0.00000176. The second kappa shape index (κ2) is 7.10. The quantitative estimate of drug-likeness (QED) is 0.883. The van der Waals surface area contributed by atoms with Gasteiger partial charge in [-0.2, -0.15) is 0 Å². The molecule has 0 aliphatic carbocycles. The molecule has 1 aromatic carbocycles. The zero-order valence-corrected chi connectivity index (χ0v) is 14.7. The topological polar surface area (TPSA) is 58.2 Å². The monoisotopic (exact) mass is 358 g/mol. The lowest BCUT2D eigenvalue weighted by atomic mass is 9.95. The van der Waals surface area contributed by atoms with E-state index in [9.17, 15) is 8.42 Å². The van der Waals surface area contributed by atoms with Crippen molar-refractivity contribution in [1.82, 2.24) is 10.0 Å². The molecule has 1 unspecified atom stereocenters. The Morgan fingerprint density at radius 3 is 2.82 bits per heavy atom. The molecule has 0 saturated carbocycles. The number of sulfonamides is 1. The van der Waals surface area contributed by atoms with Crippen molar-refractivity contribution in [2.45, 2.75) is 23.6 Å². The maximum absolute atomic E-state index is 12.3. The Bertz CT molecular complexity index is 744. The van der Waals surface area contributed by atoms with Gasteiger partial charge in [-0.1, -0.05) is 24.3 Å². The second-order valence-electron chi connectivity index (χ2n) is 5.20. The van der Waals surface area contributed by atoms with Crippen LogP contribution in [0.5, 0.6) is 0 Å². The van der Waals surface area contributed by atoms with Gasteiger partial charge in [-0.05, 0) is 48.0 Å². The number of benzene rings is 1. The highest BCUT2D eigenvalue weighted by molar-refractivity contribution is 7.91. The number of hydrogen-bond acceptors (Lipinski definition) is 4. The van der Waals surface area contributed by atoms with Crippen LogP contribution in [-0.4, -0.2) is 21.5 Å². The Labute approximate surface area is 141 Å². The Kier molecular flexibility index (Phi) is 5.63. The van der Waals surface area contributed by atoms with Crippen molar-refractivity contribution in [1.29, 1.82) is 0 Å². The maximum Gasteiger partial charge on any atom is 0.250 e. The average Bonchev–Trinajstić information content (AvgIpc) is 2.92. The molecule has 1 aliphatic rings. The third-order valence-corrected chi connectivity index (χ3v) is 6.86. The van der Waals surface area contributed by atoms with Crippen molar-refractivity contribution < 1.29 is 8.42 Å². The van der Waals surface area contributed by atoms with Crippen LogP contribution in [-0.2, 0) is 16.4 Å². The van der Waals surface area contributed by atoms with Gasteiger partial charge in [0.25, 0.3) is 0 Å². The summed E-state index contributed by atoms with van der Waals surface area (Å²) in [6.07, 6.45) is 0.990. The van der Waals surface area contributed by atoms with Gasteiger partial charge < -0.3 is 5.32 Å². The molecule has 4 nitrogen and oxygen atoms in total. The summed E-state index contributed by atoms with van der Waals surface area (Å²) in [6, 6.07) is 10.1. The van der Waals surface area contributed by atoms with Crippen molar-refractivity contribution in [2.24, 2.45) is 0 Å². The summed E-state index contributed by atoms with van der Waals surface area (Å²) >= 11 is 1.26. The highest BCUT2D eigenvalue weighted by atomic mass is 35.5. The van der Waals surface area contributed by atoms with E-state index >= 15 is 0 Å². The van der Waals surface area contributed by atoms with E-state index < -0.39 is 10.0 Å². The molecule has 0 saturated heterocycles. The largest absolute Gasteiger partial charge is 0.308 e. The van der Waals surface area contributed by atoms with E-state index in [0.717, 1.165) is 18.5 Å². The summed E-state index contributed by atoms with van der Waals surface area (Å²) in [5.41, 5.74) is 3.28. The predicted molar refractivity (Wildman–Crippen MR) is 92.4 cm³/mol. The van der Waals surface area contributed by atoms with E-state index in [2.05, 4.69) is 22.2 Å². The van der Waals surface area contributed by atoms with Crippen LogP contribution in [0.3, 0.4) is 0 Å². The molecule has 120 valence electrons. The van der Waals surface area contributed by atoms with E-state index in [1.165, 1.54) is 22.5 Å². The third kappa shape index (κ3) is 3.52. The molecule has 0 amide bonds. The fraction of sp³-hybridized carbons (Fsp3) is 0.333. The van der Waals surface area contributed by atoms with Gasteiger partial charge in [-0.15, -0.1) is 23.7 Å². The molecule has 2 heterocycles. The molecule has 1 aliphatic heterocycles. The standard InChI is InChI=1S/C15H18N2O2S2.ClH/c1-11-7-9-20-15(11)21(18,19)17-10-14-13-5-3-2-4-12(13)6-8-16-14;/h2-5,7,9,14,16-17H,6,8,10H2,1H3;1H. The van der Waals surface area contributed by atoms with Crippen LogP contribution in [0.1, 0.15) is 22.7 Å². The smallest absolute Gasteiger partial charge is 0.250 e. The minimum atomic E-state index is -3.42. The molecule has 2 N–H and O–H groups in total. The number of halogens is 1. The molecule has 1 atom stereocenters. The third-order valence-electron chi connectivity index (χ3n) is 3.75. The van der Waals surface area contributed by atoms with E-state index in [-0.39, 0.29) is 18.4 Å². The molecule has 0 fully saturated rings. The lowest BCUT2D eigenvalue weighted by molar-refractivity contribution is 0.492. The second-order valence-corrected chi connectivity index (χ2v) is 8.08. The van der Waals surface area contributed by atoms with Crippen LogP contribution in [0, 0.1) is 6.92 Å². The van der Waals surface area contributed by atoms with Crippen molar-refractivity contribution in [3.05, 3.63) is 52.4 Å². The fourth-order valence-corrected chi connectivity index (χ4v) is 5.18. The maximum atomic E-state index is 12.3. The predicted octanol–water partition coefficient (Wildman–Crippen LogP) is 2.64. The van der Waals surface area contributed by atoms with Gasteiger partial charge in [-0.25, -0.2) is 13.1 Å². The Morgan fingerprint density at radius 1 is 1.32 bits per heavy atom. The van der Waals surface area contributed by atoms with Crippen LogP contribution >= 0.6 is 23.7 Å². The van der Waals surface area contributed by atoms with E-state index in [4.69, 9.17) is 0 Å². The molecule has 3 rings (SSSR count). The number of aryl methyl sites for hydroxylation is 1. The highest BCUT2D eigenvalue weighted by Gasteiger charge is 2.23. The van der Waals surface area contributed by atoms with Crippen LogP contribution in [0.2, 0.25) is 0 Å². The van der Waals surface area contributed by atoms with Crippen LogP contribution < -0.4 is 10.0 Å². The normalized spacial score (nSPS) is 17.6. The molecular formula is C15H19ClN2O2S2. The lowest BCUT2D eigenvalue weighted by Crippen LogP contribution is -2.38. The van der Waals surface area contributed by atoms with E-state index in [1.807, 2.05) is 25.1 Å². The average molecular weight is 359 g/mol. The van der Waals surface area contributed by atoms with Gasteiger partial charge in [0.1, 0.15) is 4.21 Å². The van der Waals surface area contributed by atoms with Gasteiger partial charge in [0, 0.05) is 12.6 Å².